The summed E-state index contributed by atoms with van der Waals surface area (Å²) in [7, 11) is 0. The highest BCUT2D eigenvalue weighted by Crippen LogP contribution is 2.31. The molecular weight excluding hydrogens is 419 g/mol. The molecule has 3 amide bonds. The van der Waals surface area contributed by atoms with Crippen LogP contribution in [0.15, 0.2) is 36.4 Å². The van der Waals surface area contributed by atoms with Crippen LogP contribution in [0.3, 0.4) is 0 Å². The molecule has 150 valence electrons. The van der Waals surface area contributed by atoms with Crippen LogP contribution in [0.1, 0.15) is 31.8 Å². The van der Waals surface area contributed by atoms with Crippen LogP contribution in [0.4, 0.5) is 0 Å². The standard InChI is InChI=1S/C20H16Cl2N2O5/c1-11-4-2-3-5-12(11)8-23-17(25)10-29-18(26)9-24-19(27)13-6-15(21)16(22)7-14(13)20(24)28/h2-7H,8-10H2,1H3,(H,23,25). The van der Waals surface area contributed by atoms with Crippen molar-refractivity contribution in [1.82, 2.24) is 10.2 Å². The van der Waals surface area contributed by atoms with Gasteiger partial charge in [-0.1, -0.05) is 47.5 Å². The number of nitrogens with zero attached hydrogens (tertiary/aromatic N) is 1. The molecule has 0 spiro atoms. The number of halogens is 2. The number of benzene rings is 2. The average molecular weight is 435 g/mol. The minimum absolute atomic E-state index is 0.0631. The third-order valence-electron chi connectivity index (χ3n) is 4.40. The summed E-state index contributed by atoms with van der Waals surface area (Å²) in [4.78, 5) is 49.3. The van der Waals surface area contributed by atoms with Gasteiger partial charge in [0.1, 0.15) is 6.54 Å². The van der Waals surface area contributed by atoms with Crippen LogP contribution >= 0.6 is 23.2 Å². The van der Waals surface area contributed by atoms with Gasteiger partial charge in [0.25, 0.3) is 17.7 Å². The first kappa shape index (κ1) is 20.8. The zero-order valence-electron chi connectivity index (χ0n) is 15.3. The van der Waals surface area contributed by atoms with Crippen molar-refractivity contribution in [3.8, 4) is 0 Å². The topological polar surface area (TPSA) is 92.8 Å². The van der Waals surface area contributed by atoms with E-state index < -0.39 is 36.8 Å². The van der Waals surface area contributed by atoms with Crippen molar-refractivity contribution in [3.63, 3.8) is 0 Å². The summed E-state index contributed by atoms with van der Waals surface area (Å²) in [6.07, 6.45) is 0. The summed E-state index contributed by atoms with van der Waals surface area (Å²) in [5.74, 6) is -2.74. The lowest BCUT2D eigenvalue weighted by molar-refractivity contribution is -0.148. The molecule has 0 unspecified atom stereocenters. The van der Waals surface area contributed by atoms with Crippen LogP contribution in [0.25, 0.3) is 0 Å². The molecule has 0 saturated carbocycles. The molecule has 1 heterocycles. The Morgan fingerprint density at radius 3 is 2.21 bits per heavy atom. The Bertz CT molecular complexity index is 981. The van der Waals surface area contributed by atoms with Crippen LogP contribution in [0.2, 0.25) is 10.0 Å². The molecule has 2 aromatic carbocycles. The highest BCUT2D eigenvalue weighted by atomic mass is 35.5. The average Bonchev–Trinajstić information content (AvgIpc) is 2.90. The minimum Gasteiger partial charge on any atom is -0.454 e. The summed E-state index contributed by atoms with van der Waals surface area (Å²) >= 11 is 11.8. The van der Waals surface area contributed by atoms with Crippen molar-refractivity contribution in [2.45, 2.75) is 13.5 Å². The first-order valence-corrected chi connectivity index (χ1v) is 9.35. The van der Waals surface area contributed by atoms with Crippen LogP contribution in [0.5, 0.6) is 0 Å². The van der Waals surface area contributed by atoms with Crippen molar-refractivity contribution in [1.29, 1.82) is 0 Å². The van der Waals surface area contributed by atoms with Crippen LogP contribution < -0.4 is 5.32 Å². The van der Waals surface area contributed by atoms with E-state index in [1.807, 2.05) is 31.2 Å². The molecule has 0 fully saturated rings. The number of amides is 3. The molecule has 7 nitrogen and oxygen atoms in total. The lowest BCUT2D eigenvalue weighted by Gasteiger charge is -2.13. The minimum atomic E-state index is -0.886. The fourth-order valence-electron chi connectivity index (χ4n) is 2.80. The monoisotopic (exact) mass is 434 g/mol. The zero-order valence-corrected chi connectivity index (χ0v) is 16.8. The number of aryl methyl sites for hydroxylation is 1. The Kier molecular flexibility index (Phi) is 6.20. The second kappa shape index (κ2) is 8.63. The number of hydrogen-bond donors (Lipinski definition) is 1. The maximum absolute atomic E-state index is 12.4. The van der Waals surface area contributed by atoms with Crippen molar-refractivity contribution in [2.75, 3.05) is 13.2 Å². The summed E-state index contributed by atoms with van der Waals surface area (Å²) in [5.41, 5.74) is 2.09. The van der Waals surface area contributed by atoms with Crippen molar-refractivity contribution >= 4 is 46.9 Å². The molecular formula is C20H16Cl2N2O5. The van der Waals surface area contributed by atoms with Crippen molar-refractivity contribution in [2.24, 2.45) is 0 Å². The van der Waals surface area contributed by atoms with E-state index in [0.717, 1.165) is 16.0 Å². The number of carbonyl (C=O) groups is 4. The molecule has 29 heavy (non-hydrogen) atoms. The summed E-state index contributed by atoms with van der Waals surface area (Å²) in [5, 5.41) is 2.89. The van der Waals surface area contributed by atoms with Gasteiger partial charge in [-0.05, 0) is 30.2 Å². The first-order chi connectivity index (χ1) is 13.8. The predicted molar refractivity (Wildman–Crippen MR) is 106 cm³/mol. The molecule has 3 rings (SSSR count). The van der Waals surface area contributed by atoms with E-state index in [4.69, 9.17) is 27.9 Å². The number of imide groups is 1. The zero-order chi connectivity index (χ0) is 21.1. The molecule has 9 heteroatoms. The van der Waals surface area contributed by atoms with Gasteiger partial charge in [0, 0.05) is 6.54 Å². The molecule has 1 aliphatic heterocycles. The Balaban J connectivity index is 1.52. The normalized spacial score (nSPS) is 12.7. The number of fused-ring (bicyclic) bond motifs is 1. The first-order valence-electron chi connectivity index (χ1n) is 8.60. The SMILES string of the molecule is Cc1ccccc1CNC(=O)COC(=O)CN1C(=O)c2cc(Cl)c(Cl)cc2C1=O. The number of carbonyl (C=O) groups excluding carboxylic acids is 4. The molecule has 2 aromatic rings. The number of nitrogens with one attached hydrogen (secondary N) is 1. The lowest BCUT2D eigenvalue weighted by atomic mass is 10.1. The van der Waals surface area contributed by atoms with Gasteiger partial charge in [0.05, 0.1) is 21.2 Å². The van der Waals surface area contributed by atoms with Gasteiger partial charge in [-0.15, -0.1) is 0 Å². The van der Waals surface area contributed by atoms with Crippen molar-refractivity contribution < 1.29 is 23.9 Å². The van der Waals surface area contributed by atoms with Gasteiger partial charge in [-0.3, -0.25) is 24.1 Å². The smallest absolute Gasteiger partial charge is 0.326 e. The maximum Gasteiger partial charge on any atom is 0.326 e. The Labute approximate surface area is 176 Å². The quantitative estimate of drug-likeness (QED) is 0.557. The van der Waals surface area contributed by atoms with Gasteiger partial charge in [0.2, 0.25) is 0 Å². The molecule has 0 radical (unpaired) electrons. The predicted octanol–water partition coefficient (Wildman–Crippen LogP) is 2.76. The molecule has 0 aromatic heterocycles. The van der Waals surface area contributed by atoms with Gasteiger partial charge >= 0.3 is 5.97 Å². The number of hydrogen-bond acceptors (Lipinski definition) is 5. The van der Waals surface area contributed by atoms with Crippen LogP contribution in [-0.4, -0.2) is 41.7 Å². The maximum atomic E-state index is 12.4. The van der Waals surface area contributed by atoms with Gasteiger partial charge in [-0.2, -0.15) is 0 Å². The second-order valence-corrected chi connectivity index (χ2v) is 7.19. The van der Waals surface area contributed by atoms with E-state index in [-0.39, 0.29) is 21.2 Å². The molecule has 0 bridgehead atoms. The van der Waals surface area contributed by atoms with E-state index in [0.29, 0.717) is 6.54 Å². The number of rotatable bonds is 6. The highest BCUT2D eigenvalue weighted by Gasteiger charge is 2.37. The van der Waals surface area contributed by atoms with Crippen molar-refractivity contribution in [3.05, 3.63) is 68.7 Å². The molecule has 0 atom stereocenters. The van der Waals surface area contributed by atoms with E-state index in [1.54, 1.807) is 0 Å². The fraction of sp³-hybridized carbons (Fsp3) is 0.200. The molecule has 0 saturated heterocycles. The Morgan fingerprint density at radius 1 is 1.03 bits per heavy atom. The van der Waals surface area contributed by atoms with E-state index in [2.05, 4.69) is 5.32 Å². The summed E-state index contributed by atoms with van der Waals surface area (Å²) < 4.78 is 4.88. The van der Waals surface area contributed by atoms with E-state index in [9.17, 15) is 19.2 Å². The molecule has 0 aliphatic carbocycles. The van der Waals surface area contributed by atoms with Crippen LogP contribution in [0, 0.1) is 6.92 Å². The van der Waals surface area contributed by atoms with Gasteiger partial charge in [0.15, 0.2) is 6.61 Å². The van der Waals surface area contributed by atoms with Gasteiger partial charge in [-0.25, -0.2) is 0 Å². The van der Waals surface area contributed by atoms with Crippen LogP contribution in [-0.2, 0) is 20.9 Å². The Morgan fingerprint density at radius 2 is 1.62 bits per heavy atom. The molecule has 1 N–H and O–H groups in total. The number of esters is 1. The summed E-state index contributed by atoms with van der Waals surface area (Å²) in [6.45, 7) is 1.07. The number of ether oxygens (including phenoxy) is 1. The lowest BCUT2D eigenvalue weighted by Crippen LogP contribution is -2.37. The largest absolute Gasteiger partial charge is 0.454 e. The fourth-order valence-corrected chi connectivity index (χ4v) is 3.13. The van der Waals surface area contributed by atoms with Gasteiger partial charge < -0.3 is 10.1 Å². The van der Waals surface area contributed by atoms with E-state index in [1.165, 1.54) is 12.1 Å². The third-order valence-corrected chi connectivity index (χ3v) is 5.12. The second-order valence-electron chi connectivity index (χ2n) is 6.37. The molecule has 1 aliphatic rings. The summed E-state index contributed by atoms with van der Waals surface area (Å²) in [6, 6.07) is 10.1. The Hall–Kier alpha value is -2.90. The highest BCUT2D eigenvalue weighted by molar-refractivity contribution is 6.43. The van der Waals surface area contributed by atoms with E-state index >= 15 is 0 Å². The third kappa shape index (κ3) is 4.58.